The number of aromatic nitrogens is 1. The zero-order chi connectivity index (χ0) is 21.1. The van der Waals surface area contributed by atoms with Crippen molar-refractivity contribution in [1.29, 1.82) is 0 Å². The number of carbonyl (C=O) groups is 2. The first-order chi connectivity index (χ1) is 14.6. The lowest BCUT2D eigenvalue weighted by Gasteiger charge is -2.30. The molecule has 0 bridgehead atoms. The second-order valence-electron chi connectivity index (χ2n) is 7.37. The van der Waals surface area contributed by atoms with Crippen LogP contribution < -0.4 is 10.0 Å². The summed E-state index contributed by atoms with van der Waals surface area (Å²) in [5.41, 5.74) is 0.999. The van der Waals surface area contributed by atoms with Crippen molar-refractivity contribution in [3.8, 4) is 0 Å². The largest absolute Gasteiger partial charge is 0.872 e. The maximum atomic E-state index is 13.2. The number of morpholine rings is 1. The Labute approximate surface area is 179 Å². The topological polar surface area (TPSA) is 87.0 Å². The molecule has 2 saturated heterocycles. The normalized spacial score (nSPS) is 21.9. The summed E-state index contributed by atoms with van der Waals surface area (Å²) in [4.78, 5) is 32.6. The van der Waals surface area contributed by atoms with Gasteiger partial charge in [0.15, 0.2) is 0 Å². The maximum Gasteiger partial charge on any atom is 0.295 e. The Balaban J connectivity index is 1.72. The number of amides is 1. The molecule has 1 aromatic heterocycles. The average molecular weight is 428 g/mol. The van der Waals surface area contributed by atoms with E-state index in [4.69, 9.17) is 16.3 Å². The second-order valence-corrected chi connectivity index (χ2v) is 7.81. The van der Waals surface area contributed by atoms with E-state index in [0.29, 0.717) is 42.5 Å². The number of nitrogens with one attached hydrogen (secondary N) is 1. The quantitative estimate of drug-likeness (QED) is 0.408. The highest BCUT2D eigenvalue weighted by molar-refractivity contribution is 6.46. The van der Waals surface area contributed by atoms with E-state index >= 15 is 0 Å². The first-order valence-corrected chi connectivity index (χ1v) is 10.3. The molecule has 1 atom stereocenters. The Kier molecular flexibility index (Phi) is 6.13. The third-order valence-electron chi connectivity index (χ3n) is 5.56. The number of Topliss-reactive ketones (excluding diaryl/α,β-unsaturated/α-hetero) is 1. The van der Waals surface area contributed by atoms with E-state index in [-0.39, 0.29) is 5.57 Å². The third kappa shape index (κ3) is 4.09. The molecular weight excluding hydrogens is 406 g/mol. The highest BCUT2D eigenvalue weighted by atomic mass is 35.5. The van der Waals surface area contributed by atoms with Crippen LogP contribution in [0.25, 0.3) is 5.76 Å². The van der Waals surface area contributed by atoms with Gasteiger partial charge in [0, 0.05) is 23.0 Å². The molecule has 1 N–H and O–H groups in total. The van der Waals surface area contributed by atoms with Crippen LogP contribution in [0.2, 0.25) is 5.02 Å². The molecule has 0 saturated carbocycles. The first-order valence-electron chi connectivity index (χ1n) is 9.90. The number of quaternary nitrogens is 1. The molecule has 2 fully saturated rings. The molecule has 3 heterocycles. The van der Waals surface area contributed by atoms with Crippen LogP contribution in [-0.2, 0) is 14.3 Å². The molecule has 0 spiro atoms. The van der Waals surface area contributed by atoms with E-state index in [1.807, 2.05) is 0 Å². The molecule has 2 aromatic rings. The Hall–Kier alpha value is -2.74. The van der Waals surface area contributed by atoms with Gasteiger partial charge < -0.3 is 19.6 Å². The smallest absolute Gasteiger partial charge is 0.295 e. The zero-order valence-electron chi connectivity index (χ0n) is 16.3. The van der Waals surface area contributed by atoms with Gasteiger partial charge in [-0.05, 0) is 35.4 Å². The van der Waals surface area contributed by atoms with Crippen molar-refractivity contribution >= 4 is 29.1 Å². The molecule has 2 aliphatic heterocycles. The maximum absolute atomic E-state index is 13.2. The van der Waals surface area contributed by atoms with Gasteiger partial charge in [-0.2, -0.15) is 0 Å². The number of likely N-dealkylation sites (tertiary alicyclic amines) is 1. The highest BCUT2D eigenvalue weighted by Gasteiger charge is 2.44. The zero-order valence-corrected chi connectivity index (χ0v) is 17.1. The summed E-state index contributed by atoms with van der Waals surface area (Å²) < 4.78 is 5.39. The number of ketones is 1. The highest BCUT2D eigenvalue weighted by Crippen LogP contribution is 2.38. The average Bonchev–Trinajstić information content (AvgIpc) is 3.04. The molecule has 156 valence electrons. The number of benzene rings is 1. The lowest BCUT2D eigenvalue weighted by atomic mass is 9.95. The van der Waals surface area contributed by atoms with Gasteiger partial charge in [-0.3, -0.25) is 14.6 Å². The fourth-order valence-electron chi connectivity index (χ4n) is 3.94. The van der Waals surface area contributed by atoms with Gasteiger partial charge >= 0.3 is 0 Å². The number of pyridine rings is 1. The fraction of sp³-hybridized carbons (Fsp3) is 0.318. The number of carbonyl (C=O) groups excluding carboxylic acids is 2. The van der Waals surface area contributed by atoms with E-state index in [2.05, 4.69) is 4.98 Å². The molecule has 0 aliphatic carbocycles. The summed E-state index contributed by atoms with van der Waals surface area (Å²) in [6.45, 7) is 4.13. The fourth-order valence-corrected chi connectivity index (χ4v) is 4.07. The molecule has 1 unspecified atom stereocenters. The molecule has 1 aromatic carbocycles. The summed E-state index contributed by atoms with van der Waals surface area (Å²) in [7, 11) is 0. The molecule has 4 rings (SSSR count). The monoisotopic (exact) mass is 427 g/mol. The standard InChI is InChI=1S/C22H22ClN3O4/c23-17-3-1-15(2-4-17)19-18(20(27)16-5-7-24-8-6-16)21(28)22(29)26(19)10-9-25-11-13-30-14-12-25/h1-8,19,27H,9-14H2. The summed E-state index contributed by atoms with van der Waals surface area (Å²) >= 11 is 6.03. The van der Waals surface area contributed by atoms with Crippen molar-refractivity contribution in [2.24, 2.45) is 0 Å². The van der Waals surface area contributed by atoms with Gasteiger partial charge in [0.25, 0.3) is 5.91 Å². The van der Waals surface area contributed by atoms with Crippen LogP contribution >= 0.6 is 11.6 Å². The number of hydrogen-bond donors (Lipinski definition) is 1. The Morgan fingerprint density at radius 2 is 1.80 bits per heavy atom. The van der Waals surface area contributed by atoms with Crippen LogP contribution in [-0.4, -0.2) is 61.0 Å². The number of nitrogens with zero attached hydrogens (tertiary/aromatic N) is 2. The summed E-state index contributed by atoms with van der Waals surface area (Å²) in [6.07, 6.45) is 2.98. The van der Waals surface area contributed by atoms with Crippen LogP contribution in [0.3, 0.4) is 0 Å². The predicted molar refractivity (Wildman–Crippen MR) is 108 cm³/mol. The van der Waals surface area contributed by atoms with Crippen molar-refractivity contribution in [2.75, 3.05) is 39.4 Å². The minimum Gasteiger partial charge on any atom is -0.872 e. The van der Waals surface area contributed by atoms with Crippen LogP contribution in [0.5, 0.6) is 0 Å². The first kappa shape index (κ1) is 20.5. The van der Waals surface area contributed by atoms with Crippen LogP contribution in [0.15, 0.2) is 54.4 Å². The minimum absolute atomic E-state index is 0.0227. The van der Waals surface area contributed by atoms with E-state index in [0.717, 1.165) is 13.1 Å². The Morgan fingerprint density at radius 3 is 2.47 bits per heavy atom. The molecular formula is C22H22ClN3O4. The summed E-state index contributed by atoms with van der Waals surface area (Å²) in [5, 5.41) is 13.7. The van der Waals surface area contributed by atoms with E-state index in [1.54, 1.807) is 36.4 Å². The van der Waals surface area contributed by atoms with Gasteiger partial charge in [0.05, 0.1) is 32.3 Å². The Morgan fingerprint density at radius 1 is 1.13 bits per heavy atom. The lowest BCUT2D eigenvalue weighted by molar-refractivity contribution is -0.907. The van der Waals surface area contributed by atoms with Crippen LogP contribution in [0, 0.1) is 0 Å². The SMILES string of the molecule is O=C1C(=O)N(CC[NH+]2CCOCC2)C(c2ccc(Cl)cc2)C1=C([O-])c1ccncc1. The molecule has 1 amide bonds. The molecule has 30 heavy (non-hydrogen) atoms. The molecule has 0 radical (unpaired) electrons. The number of hydrogen-bond acceptors (Lipinski definition) is 5. The number of ether oxygens (including phenoxy) is 1. The van der Waals surface area contributed by atoms with Gasteiger partial charge in [0.1, 0.15) is 13.1 Å². The minimum atomic E-state index is -0.742. The van der Waals surface area contributed by atoms with Crippen molar-refractivity contribution in [1.82, 2.24) is 9.88 Å². The van der Waals surface area contributed by atoms with Gasteiger partial charge in [-0.15, -0.1) is 0 Å². The van der Waals surface area contributed by atoms with E-state index in [9.17, 15) is 14.7 Å². The molecule has 8 heteroatoms. The van der Waals surface area contributed by atoms with Crippen molar-refractivity contribution in [3.63, 3.8) is 0 Å². The Bertz CT molecular complexity index is 956. The van der Waals surface area contributed by atoms with Crippen molar-refractivity contribution in [2.45, 2.75) is 6.04 Å². The second kappa shape index (κ2) is 8.95. The van der Waals surface area contributed by atoms with Gasteiger partial charge in [-0.1, -0.05) is 29.5 Å². The van der Waals surface area contributed by atoms with Crippen LogP contribution in [0.1, 0.15) is 17.2 Å². The van der Waals surface area contributed by atoms with E-state index in [1.165, 1.54) is 22.2 Å². The van der Waals surface area contributed by atoms with Crippen LogP contribution in [0.4, 0.5) is 0 Å². The number of halogens is 1. The predicted octanol–water partition coefficient (Wildman–Crippen LogP) is -0.126. The van der Waals surface area contributed by atoms with E-state index < -0.39 is 23.5 Å². The lowest BCUT2D eigenvalue weighted by Crippen LogP contribution is -3.14. The van der Waals surface area contributed by atoms with Gasteiger partial charge in [-0.25, -0.2) is 0 Å². The summed E-state index contributed by atoms with van der Waals surface area (Å²) in [6, 6.07) is 9.27. The van der Waals surface area contributed by atoms with Gasteiger partial charge in [0.2, 0.25) is 5.78 Å². The molecule has 7 nitrogen and oxygen atoms in total. The van der Waals surface area contributed by atoms with Crippen molar-refractivity contribution in [3.05, 3.63) is 70.5 Å². The summed E-state index contributed by atoms with van der Waals surface area (Å²) in [5.74, 6) is -1.83. The van der Waals surface area contributed by atoms with Crippen molar-refractivity contribution < 1.29 is 24.3 Å². The third-order valence-corrected chi connectivity index (χ3v) is 5.82. The molecule has 2 aliphatic rings. The number of rotatable bonds is 5.